The van der Waals surface area contributed by atoms with Gasteiger partial charge in [0.2, 0.25) is 0 Å². The molecule has 0 fully saturated rings. The Bertz CT molecular complexity index is 700. The van der Waals surface area contributed by atoms with Crippen molar-refractivity contribution < 1.29 is 23.8 Å². The van der Waals surface area contributed by atoms with Crippen LogP contribution in [-0.2, 0) is 0 Å². The van der Waals surface area contributed by atoms with Gasteiger partial charge in [-0.2, -0.15) is 0 Å². The fourth-order valence-corrected chi connectivity index (χ4v) is 2.30. The Labute approximate surface area is 125 Å². The highest BCUT2D eigenvalue weighted by atomic mass is 35.5. The number of halogens is 2. The van der Waals surface area contributed by atoms with E-state index in [1.54, 1.807) is 12.1 Å². The standard InChI is InChI=1S/C15H12ClFO4/c1-20-12-6-5-9(14(21-2)13(12)16)8-3-4-10(15(18)19)11(17)7-8/h3-7H,1-2H3,(H,18,19). The molecule has 6 heteroatoms. The predicted octanol–water partition coefficient (Wildman–Crippen LogP) is 3.86. The lowest BCUT2D eigenvalue weighted by Crippen LogP contribution is -2.00. The van der Waals surface area contributed by atoms with Crippen molar-refractivity contribution in [2.75, 3.05) is 14.2 Å². The molecule has 0 aliphatic carbocycles. The summed E-state index contributed by atoms with van der Waals surface area (Å²) < 4.78 is 24.1. The van der Waals surface area contributed by atoms with Gasteiger partial charge in [-0.3, -0.25) is 0 Å². The van der Waals surface area contributed by atoms with E-state index in [1.807, 2.05) is 0 Å². The van der Waals surface area contributed by atoms with Crippen LogP contribution in [-0.4, -0.2) is 25.3 Å². The van der Waals surface area contributed by atoms with Gasteiger partial charge in [-0.1, -0.05) is 17.7 Å². The Morgan fingerprint density at radius 1 is 1.19 bits per heavy atom. The third-order valence-corrected chi connectivity index (χ3v) is 3.35. The summed E-state index contributed by atoms with van der Waals surface area (Å²) in [6, 6.07) is 7.11. The van der Waals surface area contributed by atoms with Crippen LogP contribution in [0.1, 0.15) is 10.4 Å². The van der Waals surface area contributed by atoms with Crippen molar-refractivity contribution in [3.63, 3.8) is 0 Å². The molecule has 2 rings (SSSR count). The average Bonchev–Trinajstić information content (AvgIpc) is 2.46. The Morgan fingerprint density at radius 3 is 2.43 bits per heavy atom. The van der Waals surface area contributed by atoms with Crippen molar-refractivity contribution in [3.05, 3.63) is 46.7 Å². The van der Waals surface area contributed by atoms with Crippen LogP contribution in [0, 0.1) is 5.82 Å². The molecule has 0 spiro atoms. The molecule has 0 heterocycles. The molecule has 0 unspecified atom stereocenters. The van der Waals surface area contributed by atoms with E-state index in [0.29, 0.717) is 22.6 Å². The van der Waals surface area contributed by atoms with Crippen LogP contribution >= 0.6 is 11.6 Å². The van der Waals surface area contributed by atoms with Crippen LogP contribution in [0.15, 0.2) is 30.3 Å². The molecule has 2 aromatic carbocycles. The number of benzene rings is 2. The van der Waals surface area contributed by atoms with Crippen LogP contribution in [0.3, 0.4) is 0 Å². The normalized spacial score (nSPS) is 10.3. The molecule has 0 aromatic heterocycles. The molecule has 2 aromatic rings. The first-order valence-electron chi connectivity index (χ1n) is 5.93. The third-order valence-electron chi connectivity index (χ3n) is 3.00. The molecule has 0 saturated heterocycles. The van der Waals surface area contributed by atoms with Gasteiger partial charge in [-0.25, -0.2) is 9.18 Å². The Morgan fingerprint density at radius 2 is 1.90 bits per heavy atom. The zero-order valence-electron chi connectivity index (χ0n) is 11.3. The molecule has 0 bridgehead atoms. The van der Waals surface area contributed by atoms with Gasteiger partial charge in [-0.15, -0.1) is 0 Å². The van der Waals surface area contributed by atoms with Crippen molar-refractivity contribution in [1.29, 1.82) is 0 Å². The second-order valence-corrected chi connectivity index (χ2v) is 4.54. The zero-order chi connectivity index (χ0) is 15.6. The number of aromatic carboxylic acids is 1. The predicted molar refractivity (Wildman–Crippen MR) is 76.9 cm³/mol. The van der Waals surface area contributed by atoms with Gasteiger partial charge in [0, 0.05) is 5.56 Å². The molecule has 4 nitrogen and oxygen atoms in total. The molecular weight excluding hydrogens is 299 g/mol. The van der Waals surface area contributed by atoms with Crippen molar-refractivity contribution >= 4 is 17.6 Å². The van der Waals surface area contributed by atoms with Crippen molar-refractivity contribution in [1.82, 2.24) is 0 Å². The zero-order valence-corrected chi connectivity index (χ0v) is 12.1. The number of rotatable bonds is 4. The van der Waals surface area contributed by atoms with Gasteiger partial charge < -0.3 is 14.6 Å². The lowest BCUT2D eigenvalue weighted by atomic mass is 10.0. The van der Waals surface area contributed by atoms with Crippen LogP contribution < -0.4 is 9.47 Å². The molecule has 0 atom stereocenters. The van der Waals surface area contributed by atoms with Crippen molar-refractivity contribution in [3.8, 4) is 22.6 Å². The van der Waals surface area contributed by atoms with Crippen LogP contribution in [0.5, 0.6) is 11.5 Å². The fraction of sp³-hybridized carbons (Fsp3) is 0.133. The van der Waals surface area contributed by atoms with Crippen LogP contribution in [0.25, 0.3) is 11.1 Å². The number of carboxylic acid groups (broad SMARTS) is 1. The van der Waals surface area contributed by atoms with Gasteiger partial charge in [0.25, 0.3) is 0 Å². The Kier molecular flexibility index (Phi) is 4.33. The van der Waals surface area contributed by atoms with Gasteiger partial charge in [0.1, 0.15) is 22.3 Å². The first-order chi connectivity index (χ1) is 9.99. The maximum atomic E-state index is 13.8. The van der Waals surface area contributed by atoms with E-state index < -0.39 is 17.3 Å². The number of carbonyl (C=O) groups is 1. The van der Waals surface area contributed by atoms with Gasteiger partial charge >= 0.3 is 5.97 Å². The number of methoxy groups -OCH3 is 2. The van der Waals surface area contributed by atoms with E-state index >= 15 is 0 Å². The number of hydrogen-bond acceptors (Lipinski definition) is 3. The van der Waals surface area contributed by atoms with E-state index in [2.05, 4.69) is 0 Å². The summed E-state index contributed by atoms with van der Waals surface area (Å²) in [4.78, 5) is 10.8. The van der Waals surface area contributed by atoms with E-state index in [-0.39, 0.29) is 5.02 Å². The summed E-state index contributed by atoms with van der Waals surface area (Å²) >= 11 is 6.15. The van der Waals surface area contributed by atoms with Crippen molar-refractivity contribution in [2.45, 2.75) is 0 Å². The first-order valence-corrected chi connectivity index (χ1v) is 6.31. The SMILES string of the molecule is COc1ccc(-c2ccc(C(=O)O)c(F)c2)c(OC)c1Cl. The third kappa shape index (κ3) is 2.78. The van der Waals surface area contributed by atoms with E-state index in [0.717, 1.165) is 6.07 Å². The minimum atomic E-state index is -1.32. The van der Waals surface area contributed by atoms with Crippen LogP contribution in [0.4, 0.5) is 4.39 Å². The van der Waals surface area contributed by atoms with Gasteiger partial charge in [0.05, 0.1) is 19.8 Å². The molecule has 0 saturated carbocycles. The minimum Gasteiger partial charge on any atom is -0.495 e. The fourth-order valence-electron chi connectivity index (χ4n) is 1.98. The summed E-state index contributed by atoms with van der Waals surface area (Å²) in [5.74, 6) is -1.38. The maximum absolute atomic E-state index is 13.8. The van der Waals surface area contributed by atoms with Gasteiger partial charge in [0.15, 0.2) is 0 Å². The molecule has 0 amide bonds. The average molecular weight is 311 g/mol. The largest absolute Gasteiger partial charge is 0.495 e. The number of hydrogen-bond donors (Lipinski definition) is 1. The summed E-state index contributed by atoms with van der Waals surface area (Å²) in [5.41, 5.74) is 0.607. The second-order valence-electron chi connectivity index (χ2n) is 4.16. The molecular formula is C15H12ClFO4. The summed E-state index contributed by atoms with van der Waals surface area (Å²) in [5, 5.41) is 9.10. The Balaban J connectivity index is 2.59. The van der Waals surface area contributed by atoms with Gasteiger partial charge in [-0.05, 0) is 29.8 Å². The first kappa shape index (κ1) is 15.1. The highest BCUT2D eigenvalue weighted by Gasteiger charge is 2.17. The quantitative estimate of drug-likeness (QED) is 0.931. The lowest BCUT2D eigenvalue weighted by molar-refractivity contribution is 0.0692. The Hall–Kier alpha value is -2.27. The monoisotopic (exact) mass is 310 g/mol. The highest BCUT2D eigenvalue weighted by molar-refractivity contribution is 6.34. The molecule has 0 aliphatic heterocycles. The lowest BCUT2D eigenvalue weighted by Gasteiger charge is -2.13. The minimum absolute atomic E-state index is 0.264. The smallest absolute Gasteiger partial charge is 0.338 e. The molecule has 1 N–H and O–H groups in total. The highest BCUT2D eigenvalue weighted by Crippen LogP contribution is 2.41. The van der Waals surface area contributed by atoms with E-state index in [4.69, 9.17) is 26.2 Å². The van der Waals surface area contributed by atoms with Crippen molar-refractivity contribution in [2.24, 2.45) is 0 Å². The molecule has 21 heavy (non-hydrogen) atoms. The second kappa shape index (κ2) is 6.01. The van der Waals surface area contributed by atoms with Crippen LogP contribution in [0.2, 0.25) is 5.02 Å². The summed E-state index contributed by atoms with van der Waals surface area (Å²) in [6.45, 7) is 0. The molecule has 0 aliphatic rings. The molecule has 0 radical (unpaired) electrons. The maximum Gasteiger partial charge on any atom is 0.338 e. The topological polar surface area (TPSA) is 55.8 Å². The number of carboxylic acids is 1. The summed E-state index contributed by atoms with van der Waals surface area (Å²) in [6.07, 6.45) is 0. The number of ether oxygens (including phenoxy) is 2. The summed E-state index contributed by atoms with van der Waals surface area (Å²) in [7, 11) is 2.91. The molecule has 110 valence electrons. The van der Waals surface area contributed by atoms with E-state index in [9.17, 15) is 9.18 Å². The van der Waals surface area contributed by atoms with E-state index in [1.165, 1.54) is 26.4 Å².